The molecule has 0 heterocycles. The first-order valence-corrected chi connectivity index (χ1v) is 9.11. The first-order chi connectivity index (χ1) is 9.33. The van der Waals surface area contributed by atoms with Crippen LogP contribution < -0.4 is 0 Å². The van der Waals surface area contributed by atoms with E-state index in [2.05, 4.69) is 13.8 Å². The molecular formula is C14H30O5S. The second-order valence-corrected chi connectivity index (χ2v) is 6.40. The second kappa shape index (κ2) is 14.8. The second-order valence-electron chi connectivity index (χ2n) is 4.95. The maximum atomic E-state index is 9.62. The Morgan fingerprint density at radius 1 is 0.800 bits per heavy atom. The smallest absolute Gasteiger partial charge is 0.321 e. The summed E-state index contributed by atoms with van der Waals surface area (Å²) in [5, 5.41) is 7.71. The molecule has 0 bridgehead atoms. The summed E-state index contributed by atoms with van der Waals surface area (Å²) < 4.78 is 27.0. The topological polar surface area (TPSA) is 91.7 Å². The van der Waals surface area contributed by atoms with E-state index in [-0.39, 0.29) is 0 Å². The molecule has 0 aliphatic rings. The molecule has 0 aliphatic carbocycles. The van der Waals surface area contributed by atoms with Gasteiger partial charge in [-0.25, -0.2) is 0 Å². The summed E-state index contributed by atoms with van der Waals surface area (Å²) in [6.07, 6.45) is 14.4. The van der Waals surface area contributed by atoms with Gasteiger partial charge in [0.2, 0.25) is 0 Å². The Hall–Kier alpha value is -0.620. The van der Waals surface area contributed by atoms with Crippen molar-refractivity contribution in [2.45, 2.75) is 78.1 Å². The molecule has 20 heavy (non-hydrogen) atoms. The van der Waals surface area contributed by atoms with Crippen molar-refractivity contribution in [2.75, 3.05) is 5.75 Å². The summed E-state index contributed by atoms with van der Waals surface area (Å²) in [4.78, 5) is 9.48. The van der Waals surface area contributed by atoms with Crippen molar-refractivity contribution in [3.63, 3.8) is 0 Å². The van der Waals surface area contributed by atoms with Crippen LogP contribution in [0.3, 0.4) is 0 Å². The number of carbonyl (C=O) groups is 1. The molecule has 122 valence electrons. The van der Waals surface area contributed by atoms with Gasteiger partial charge in [0, 0.05) is 0 Å². The lowest BCUT2D eigenvalue weighted by Crippen LogP contribution is -2.13. The quantitative estimate of drug-likeness (QED) is 0.446. The molecule has 0 aliphatic heterocycles. The number of rotatable bonds is 11. The average Bonchev–Trinajstić information content (AvgIpc) is 2.30. The third-order valence-electron chi connectivity index (χ3n) is 2.76. The molecule has 0 saturated carbocycles. The van der Waals surface area contributed by atoms with Gasteiger partial charge in [-0.05, 0) is 0 Å². The van der Waals surface area contributed by atoms with E-state index in [0.29, 0.717) is 0 Å². The minimum absolute atomic E-state index is 1.23. The van der Waals surface area contributed by atoms with Crippen LogP contribution in [0.4, 0.5) is 0 Å². The summed E-state index contributed by atoms with van der Waals surface area (Å²) in [6.45, 7) is 4.56. The molecule has 0 aromatic carbocycles. The van der Waals surface area contributed by atoms with Crippen LogP contribution in [-0.2, 0) is 14.9 Å². The fourth-order valence-corrected chi connectivity index (χ4v) is 2.03. The van der Waals surface area contributed by atoms with Crippen LogP contribution in [-0.4, -0.2) is 29.8 Å². The van der Waals surface area contributed by atoms with Gasteiger partial charge in [0.1, 0.15) is 0 Å². The highest BCUT2D eigenvalue weighted by molar-refractivity contribution is 7.86. The van der Waals surface area contributed by atoms with Crippen LogP contribution >= 0.6 is 0 Å². The van der Waals surface area contributed by atoms with Gasteiger partial charge in [-0.15, -0.1) is 0 Å². The zero-order valence-electron chi connectivity index (χ0n) is 12.8. The van der Waals surface area contributed by atoms with Crippen LogP contribution in [0.1, 0.15) is 78.1 Å². The highest BCUT2D eigenvalue weighted by Gasteiger charge is 2.09. The molecule has 0 atom stereocenters. The number of unbranched alkanes of at least 4 members (excludes halogenated alkanes) is 9. The Labute approximate surface area is 123 Å². The van der Waals surface area contributed by atoms with E-state index >= 15 is 0 Å². The van der Waals surface area contributed by atoms with Crippen molar-refractivity contribution in [2.24, 2.45) is 0 Å². The molecule has 0 aromatic rings. The predicted octanol–water partition coefficient (Wildman–Crippen LogP) is 3.89. The van der Waals surface area contributed by atoms with Crippen molar-refractivity contribution in [1.29, 1.82) is 0 Å². The first-order valence-electron chi connectivity index (χ1n) is 7.50. The van der Waals surface area contributed by atoms with Gasteiger partial charge in [0.05, 0.1) is 0 Å². The van der Waals surface area contributed by atoms with E-state index in [9.17, 15) is 13.2 Å². The Kier molecular flexibility index (Phi) is 16.0. The van der Waals surface area contributed by atoms with Gasteiger partial charge in [-0.3, -0.25) is 9.35 Å². The molecule has 0 fully saturated rings. The number of hydrogen-bond acceptors (Lipinski definition) is 3. The average molecular weight is 310 g/mol. The van der Waals surface area contributed by atoms with Gasteiger partial charge >= 0.3 is 5.97 Å². The Morgan fingerprint density at radius 2 is 1.10 bits per heavy atom. The number of aliphatic carboxylic acids is 1. The maximum Gasteiger partial charge on any atom is 0.321 e. The summed E-state index contributed by atoms with van der Waals surface area (Å²) >= 11 is 0. The summed E-state index contributed by atoms with van der Waals surface area (Å²) in [5.74, 6) is -2.79. The van der Waals surface area contributed by atoms with Crippen molar-refractivity contribution < 1.29 is 22.9 Å². The third-order valence-corrected chi connectivity index (χ3v) is 3.37. The summed E-state index contributed by atoms with van der Waals surface area (Å²) in [6, 6.07) is 0. The fourth-order valence-electron chi connectivity index (χ4n) is 1.72. The molecule has 0 amide bonds. The predicted molar refractivity (Wildman–Crippen MR) is 81.6 cm³/mol. The molecule has 0 aromatic heterocycles. The molecule has 2 N–H and O–H groups in total. The van der Waals surface area contributed by atoms with Crippen LogP contribution in [0.25, 0.3) is 0 Å². The van der Waals surface area contributed by atoms with Gasteiger partial charge in [-0.2, -0.15) is 8.42 Å². The van der Waals surface area contributed by atoms with E-state index in [1.54, 1.807) is 0 Å². The van der Waals surface area contributed by atoms with E-state index in [0.717, 1.165) is 0 Å². The molecule has 0 radical (unpaired) electrons. The molecule has 5 nitrogen and oxygen atoms in total. The largest absolute Gasteiger partial charge is 0.480 e. The van der Waals surface area contributed by atoms with E-state index in [1.807, 2.05) is 0 Å². The standard InChI is InChI=1S/C12H26.C2H4O5S/c1-3-5-7-9-11-12-10-8-6-4-2;3-2(4)1-8(5,6)7/h3-12H2,1-2H3;1H2,(H,3,4)(H,5,6,7). The zero-order chi connectivity index (χ0) is 15.9. The van der Waals surface area contributed by atoms with Gasteiger partial charge in [-0.1, -0.05) is 78.1 Å². The molecule has 0 rings (SSSR count). The number of carboxylic acids is 1. The number of carboxylic acid groups (broad SMARTS) is 1. The third kappa shape index (κ3) is 26.0. The van der Waals surface area contributed by atoms with E-state index in [4.69, 9.17) is 9.66 Å². The van der Waals surface area contributed by atoms with Crippen molar-refractivity contribution >= 4 is 16.1 Å². The van der Waals surface area contributed by atoms with Crippen molar-refractivity contribution in [3.8, 4) is 0 Å². The highest BCUT2D eigenvalue weighted by Crippen LogP contribution is 2.09. The van der Waals surface area contributed by atoms with Crippen LogP contribution in [0.2, 0.25) is 0 Å². The van der Waals surface area contributed by atoms with Gasteiger partial charge in [0.25, 0.3) is 10.1 Å². The maximum absolute atomic E-state index is 9.62. The molecule has 0 saturated heterocycles. The minimum Gasteiger partial charge on any atom is -0.480 e. The van der Waals surface area contributed by atoms with Crippen LogP contribution in [0.5, 0.6) is 0 Å². The lowest BCUT2D eigenvalue weighted by Gasteiger charge is -1.99. The van der Waals surface area contributed by atoms with Crippen molar-refractivity contribution in [1.82, 2.24) is 0 Å². The lowest BCUT2D eigenvalue weighted by atomic mass is 10.1. The monoisotopic (exact) mass is 310 g/mol. The highest BCUT2D eigenvalue weighted by atomic mass is 32.2. The molecular weight excluding hydrogens is 280 g/mol. The normalized spacial score (nSPS) is 10.8. The lowest BCUT2D eigenvalue weighted by molar-refractivity contribution is -0.134. The molecule has 0 unspecified atom stereocenters. The van der Waals surface area contributed by atoms with Crippen LogP contribution in [0, 0.1) is 0 Å². The summed E-state index contributed by atoms with van der Waals surface area (Å²) in [5.41, 5.74) is 0. The Bertz CT molecular complexity index is 302. The number of hydrogen-bond donors (Lipinski definition) is 2. The van der Waals surface area contributed by atoms with E-state index in [1.165, 1.54) is 64.2 Å². The van der Waals surface area contributed by atoms with Crippen LogP contribution in [0.15, 0.2) is 0 Å². The molecule has 0 spiro atoms. The fraction of sp³-hybridized carbons (Fsp3) is 0.929. The zero-order valence-corrected chi connectivity index (χ0v) is 13.6. The first kappa shape index (κ1) is 21.7. The molecule has 6 heteroatoms. The Balaban J connectivity index is 0. The van der Waals surface area contributed by atoms with Crippen molar-refractivity contribution in [3.05, 3.63) is 0 Å². The van der Waals surface area contributed by atoms with Gasteiger partial charge in [0.15, 0.2) is 5.75 Å². The summed E-state index contributed by atoms with van der Waals surface area (Å²) in [7, 11) is -4.32. The van der Waals surface area contributed by atoms with Gasteiger partial charge < -0.3 is 5.11 Å². The van der Waals surface area contributed by atoms with E-state index < -0.39 is 21.8 Å². The Morgan fingerprint density at radius 3 is 1.25 bits per heavy atom. The SMILES string of the molecule is CCCCCCCCCCCC.O=C(O)CS(=O)(=O)O. The minimum atomic E-state index is -4.32.